The Morgan fingerprint density at radius 3 is 2.83 bits per heavy atom. The van der Waals surface area contributed by atoms with Gasteiger partial charge in [-0.15, -0.1) is 0 Å². The van der Waals surface area contributed by atoms with E-state index in [1.165, 1.54) is 9.13 Å². The Kier molecular flexibility index (Phi) is 6.13. The molecule has 0 spiro atoms. The highest BCUT2D eigenvalue weighted by atomic mass is 127. The van der Waals surface area contributed by atoms with Crippen molar-refractivity contribution in [1.82, 2.24) is 19.9 Å². The molecule has 0 aliphatic carbocycles. The van der Waals surface area contributed by atoms with Gasteiger partial charge in [0.05, 0.1) is 23.0 Å². The lowest BCUT2D eigenvalue weighted by molar-refractivity contribution is 0.0955. The van der Waals surface area contributed by atoms with Crippen LogP contribution in [0.5, 0.6) is 0 Å². The number of carbonyl (C=O) groups excluding carboxylic acids is 1. The number of benzene rings is 1. The zero-order valence-corrected chi connectivity index (χ0v) is 19.2. The van der Waals surface area contributed by atoms with Gasteiger partial charge in [-0.05, 0) is 77.4 Å². The summed E-state index contributed by atoms with van der Waals surface area (Å²) in [5.74, 6) is -0.0877. The van der Waals surface area contributed by atoms with Crippen LogP contribution in [0.3, 0.4) is 0 Å². The molecule has 3 aromatic heterocycles. The zero-order chi connectivity index (χ0) is 21.1. The first-order valence-corrected chi connectivity index (χ1v) is 11.1. The number of pyridine rings is 2. The summed E-state index contributed by atoms with van der Waals surface area (Å²) in [6, 6.07) is 14.4. The van der Waals surface area contributed by atoms with Gasteiger partial charge < -0.3 is 5.32 Å². The van der Waals surface area contributed by atoms with Gasteiger partial charge in [-0.25, -0.2) is 4.52 Å². The number of rotatable bonds is 6. The molecule has 0 radical (unpaired) electrons. The normalized spacial score (nSPS) is 11.0. The minimum atomic E-state index is -0.0877. The average Bonchev–Trinajstić information content (AvgIpc) is 3.19. The summed E-state index contributed by atoms with van der Waals surface area (Å²) in [6.45, 7) is 4.88. The van der Waals surface area contributed by atoms with E-state index in [4.69, 9.17) is 0 Å². The van der Waals surface area contributed by atoms with E-state index in [1.54, 1.807) is 10.7 Å². The van der Waals surface area contributed by atoms with E-state index in [-0.39, 0.29) is 5.91 Å². The summed E-state index contributed by atoms with van der Waals surface area (Å²) in [6.07, 6.45) is 7.35. The number of nitrogens with zero attached hydrogens (tertiary/aromatic N) is 3. The SMILES string of the molecule is CCCCNC(=O)c1cnn2ccc(-c3cccnc3-c3ccc(I)c(C)c3)cc12. The van der Waals surface area contributed by atoms with Crippen LogP contribution in [0, 0.1) is 10.5 Å². The Labute approximate surface area is 189 Å². The molecule has 0 saturated carbocycles. The van der Waals surface area contributed by atoms with Gasteiger partial charge >= 0.3 is 0 Å². The van der Waals surface area contributed by atoms with Crippen LogP contribution >= 0.6 is 22.6 Å². The lowest BCUT2D eigenvalue weighted by Gasteiger charge is -2.11. The maximum Gasteiger partial charge on any atom is 0.255 e. The molecular weight excluding hydrogens is 487 g/mol. The van der Waals surface area contributed by atoms with Crippen molar-refractivity contribution in [3.05, 3.63) is 75.8 Å². The van der Waals surface area contributed by atoms with Gasteiger partial charge in [0.25, 0.3) is 5.91 Å². The third-order valence-corrected chi connectivity index (χ3v) is 6.34. The van der Waals surface area contributed by atoms with E-state index in [0.29, 0.717) is 12.1 Å². The molecule has 0 aliphatic rings. The van der Waals surface area contributed by atoms with E-state index in [0.717, 1.165) is 40.7 Å². The van der Waals surface area contributed by atoms with Crippen LogP contribution in [0.25, 0.3) is 27.9 Å². The van der Waals surface area contributed by atoms with Crippen molar-refractivity contribution in [1.29, 1.82) is 0 Å². The first kappa shape index (κ1) is 20.5. The number of unbranched alkanes of at least 4 members (excludes halogenated alkanes) is 1. The van der Waals surface area contributed by atoms with Crippen LogP contribution in [-0.4, -0.2) is 27.0 Å². The van der Waals surface area contributed by atoms with Crippen molar-refractivity contribution in [3.8, 4) is 22.4 Å². The van der Waals surface area contributed by atoms with Gasteiger partial charge in [0.1, 0.15) is 0 Å². The Morgan fingerprint density at radius 2 is 2.03 bits per heavy atom. The molecule has 4 rings (SSSR count). The number of halogens is 1. The van der Waals surface area contributed by atoms with Crippen molar-refractivity contribution < 1.29 is 4.79 Å². The highest BCUT2D eigenvalue weighted by Crippen LogP contribution is 2.32. The predicted octanol–water partition coefficient (Wildman–Crippen LogP) is 5.51. The van der Waals surface area contributed by atoms with Crippen molar-refractivity contribution in [2.45, 2.75) is 26.7 Å². The molecule has 1 amide bonds. The largest absolute Gasteiger partial charge is 0.352 e. The fourth-order valence-corrected chi connectivity index (χ4v) is 3.79. The minimum absolute atomic E-state index is 0.0877. The molecule has 1 aromatic carbocycles. The van der Waals surface area contributed by atoms with Gasteiger partial charge in [0.15, 0.2) is 0 Å². The van der Waals surface area contributed by atoms with Crippen LogP contribution in [0.15, 0.2) is 61.1 Å². The number of carbonyl (C=O) groups is 1. The first-order valence-electron chi connectivity index (χ1n) is 10.1. The summed E-state index contributed by atoms with van der Waals surface area (Å²) in [5, 5.41) is 7.32. The van der Waals surface area contributed by atoms with Gasteiger partial charge in [-0.1, -0.05) is 25.5 Å². The smallest absolute Gasteiger partial charge is 0.255 e. The molecule has 0 bridgehead atoms. The van der Waals surface area contributed by atoms with Crippen LogP contribution in [0.2, 0.25) is 0 Å². The van der Waals surface area contributed by atoms with Gasteiger partial charge in [0.2, 0.25) is 0 Å². The van der Waals surface area contributed by atoms with Gasteiger partial charge in [0, 0.05) is 33.6 Å². The minimum Gasteiger partial charge on any atom is -0.352 e. The summed E-state index contributed by atoms with van der Waals surface area (Å²) in [7, 11) is 0. The summed E-state index contributed by atoms with van der Waals surface area (Å²) in [4.78, 5) is 17.3. The maximum atomic E-state index is 12.6. The number of fused-ring (bicyclic) bond motifs is 1. The molecule has 0 aliphatic heterocycles. The predicted molar refractivity (Wildman–Crippen MR) is 129 cm³/mol. The summed E-state index contributed by atoms with van der Waals surface area (Å²) >= 11 is 2.34. The first-order chi connectivity index (χ1) is 14.6. The standard InChI is InChI=1S/C24H23IN4O/c1-3-4-10-27-24(30)20-15-28-29-12-9-17(14-22(20)29)19-6-5-11-26-23(19)18-7-8-21(25)16(2)13-18/h5-9,11-15H,3-4,10H2,1-2H3,(H,27,30). The zero-order valence-electron chi connectivity index (χ0n) is 17.0. The summed E-state index contributed by atoms with van der Waals surface area (Å²) < 4.78 is 2.97. The van der Waals surface area contributed by atoms with Crippen molar-refractivity contribution in [3.63, 3.8) is 0 Å². The Morgan fingerprint density at radius 1 is 1.17 bits per heavy atom. The Hall–Kier alpha value is -2.74. The molecular formula is C24H23IN4O. The lowest BCUT2D eigenvalue weighted by atomic mass is 9.98. The van der Waals surface area contributed by atoms with Crippen LogP contribution < -0.4 is 5.32 Å². The van der Waals surface area contributed by atoms with Crippen LogP contribution in [0.4, 0.5) is 0 Å². The second kappa shape index (κ2) is 8.95. The third-order valence-electron chi connectivity index (χ3n) is 5.13. The number of hydrogen-bond acceptors (Lipinski definition) is 3. The molecule has 4 aromatic rings. The van der Waals surface area contributed by atoms with Crippen molar-refractivity contribution in [2.24, 2.45) is 0 Å². The summed E-state index contributed by atoms with van der Waals surface area (Å²) in [5.41, 5.74) is 6.63. The fourth-order valence-electron chi connectivity index (χ4n) is 3.46. The van der Waals surface area contributed by atoms with Gasteiger partial charge in [-0.2, -0.15) is 5.10 Å². The van der Waals surface area contributed by atoms with E-state index < -0.39 is 0 Å². The molecule has 6 heteroatoms. The second-order valence-electron chi connectivity index (χ2n) is 7.28. The van der Waals surface area contributed by atoms with Crippen molar-refractivity contribution >= 4 is 34.0 Å². The molecule has 5 nitrogen and oxygen atoms in total. The number of hydrogen-bond donors (Lipinski definition) is 1. The Balaban J connectivity index is 1.76. The molecule has 3 heterocycles. The van der Waals surface area contributed by atoms with E-state index in [9.17, 15) is 4.79 Å². The average molecular weight is 510 g/mol. The molecule has 0 fully saturated rings. The molecule has 0 atom stereocenters. The molecule has 0 saturated heterocycles. The highest BCUT2D eigenvalue weighted by Gasteiger charge is 2.15. The monoisotopic (exact) mass is 510 g/mol. The number of aryl methyl sites for hydroxylation is 1. The van der Waals surface area contributed by atoms with E-state index in [1.807, 2.05) is 30.6 Å². The van der Waals surface area contributed by atoms with E-state index in [2.05, 4.69) is 76.1 Å². The number of amides is 1. The lowest BCUT2D eigenvalue weighted by Crippen LogP contribution is -2.24. The number of aromatic nitrogens is 3. The topological polar surface area (TPSA) is 59.3 Å². The molecule has 0 unspecified atom stereocenters. The quantitative estimate of drug-likeness (QED) is 0.275. The van der Waals surface area contributed by atoms with Crippen LogP contribution in [-0.2, 0) is 0 Å². The Bertz CT molecular complexity index is 1220. The van der Waals surface area contributed by atoms with E-state index >= 15 is 0 Å². The molecule has 30 heavy (non-hydrogen) atoms. The fraction of sp³-hybridized carbons (Fsp3) is 0.208. The highest BCUT2D eigenvalue weighted by molar-refractivity contribution is 14.1. The van der Waals surface area contributed by atoms with Crippen LogP contribution in [0.1, 0.15) is 35.7 Å². The maximum absolute atomic E-state index is 12.6. The molecule has 1 N–H and O–H groups in total. The van der Waals surface area contributed by atoms with Crippen molar-refractivity contribution in [2.75, 3.05) is 6.54 Å². The third kappa shape index (κ3) is 4.09. The van der Waals surface area contributed by atoms with Gasteiger partial charge in [-0.3, -0.25) is 9.78 Å². The number of nitrogens with one attached hydrogen (secondary N) is 1. The molecule has 152 valence electrons. The second-order valence-corrected chi connectivity index (χ2v) is 8.44.